The molecule has 0 radical (unpaired) electrons. The second-order valence-corrected chi connectivity index (χ2v) is 38.4. The Morgan fingerprint density at radius 3 is 1.21 bits per heavy atom. The number of sulfone groups is 1. The average molecular weight is 1850 g/mol. The Hall–Kier alpha value is -13.7. The number of amides is 3. The maximum absolute atomic E-state index is 17.0. The van der Waals surface area contributed by atoms with E-state index in [2.05, 4.69) is 49.6 Å². The Balaban J connectivity index is 0.000000145. The number of phenolic OH excluding ortho intramolecular Hbond substituents is 3. The quantitative estimate of drug-likeness (QED) is 0.0756. The van der Waals surface area contributed by atoms with E-state index in [0.717, 1.165) is 41.5 Å². The molecule has 18 rings (SSSR count). The van der Waals surface area contributed by atoms with Crippen molar-refractivity contribution in [3.63, 3.8) is 0 Å². The fourth-order valence-electron chi connectivity index (χ4n) is 19.8. The number of fused-ring (bicyclic) bond motifs is 6. The van der Waals surface area contributed by atoms with Crippen molar-refractivity contribution in [1.29, 1.82) is 0 Å². The molecule has 0 spiro atoms. The van der Waals surface area contributed by atoms with Gasteiger partial charge >= 0.3 is 17.1 Å². The first-order valence-corrected chi connectivity index (χ1v) is 46.2. The molecule has 6 aliphatic rings. The van der Waals surface area contributed by atoms with Crippen molar-refractivity contribution in [2.45, 2.75) is 153 Å². The number of carbonyl (C=O) groups excluding carboxylic acids is 3. The smallest absolute Gasteiger partial charge is 0.354 e. The van der Waals surface area contributed by atoms with Crippen molar-refractivity contribution in [3.8, 4) is 67.7 Å². The zero-order chi connectivity index (χ0) is 95.6. The summed E-state index contributed by atoms with van der Waals surface area (Å²) in [6.07, 6.45) is 9.18. The minimum absolute atomic E-state index is 0.0434. The topological polar surface area (TPSA) is 312 Å². The second kappa shape index (κ2) is 35.8. The van der Waals surface area contributed by atoms with Crippen molar-refractivity contribution in [2.75, 3.05) is 84.0 Å². The summed E-state index contributed by atoms with van der Waals surface area (Å²) in [5, 5.41) is 32.8. The molecule has 0 aliphatic carbocycles. The number of hydrogen-bond donors (Lipinski definition) is 3. The molecule has 3 N–H and O–H groups in total. The Bertz CT molecular complexity index is 7170. The molecular weight excluding hydrogens is 1760 g/mol. The lowest BCUT2D eigenvalue weighted by Gasteiger charge is -2.48. The molecule has 3 fully saturated rings. The van der Waals surface area contributed by atoms with Crippen LogP contribution in [0.15, 0.2) is 172 Å². The van der Waals surface area contributed by atoms with Gasteiger partial charge in [-0.05, 0) is 173 Å². The Morgan fingerprint density at radius 2 is 0.812 bits per heavy atom. The van der Waals surface area contributed by atoms with E-state index in [4.69, 9.17) is 0 Å². The number of aryl methyl sites for hydroxylation is 3. The molecule has 690 valence electrons. The van der Waals surface area contributed by atoms with Gasteiger partial charge < -0.3 is 49.6 Å². The van der Waals surface area contributed by atoms with Crippen LogP contribution in [-0.4, -0.2) is 200 Å². The van der Waals surface area contributed by atoms with Crippen LogP contribution in [0.5, 0.6) is 17.2 Å². The minimum Gasteiger partial charge on any atom is -0.507 e. The summed E-state index contributed by atoms with van der Waals surface area (Å²) in [4.78, 5) is 119. The van der Waals surface area contributed by atoms with E-state index in [0.29, 0.717) is 118 Å². The molecule has 133 heavy (non-hydrogen) atoms. The fourth-order valence-corrected chi connectivity index (χ4v) is 22.8. The first-order chi connectivity index (χ1) is 63.2. The second-order valence-electron chi connectivity index (χ2n) is 35.4. The van der Waals surface area contributed by atoms with Gasteiger partial charge in [0, 0.05) is 112 Å². The predicted octanol–water partition coefficient (Wildman–Crippen LogP) is 15.1. The molecule has 12 heterocycles. The molecule has 6 unspecified atom stereocenters. The van der Waals surface area contributed by atoms with E-state index in [-0.39, 0.29) is 116 Å². The van der Waals surface area contributed by atoms with Crippen LogP contribution in [0.4, 0.5) is 49.5 Å². The number of piperazine rings is 3. The summed E-state index contributed by atoms with van der Waals surface area (Å²) < 4.78 is 129. The lowest BCUT2D eigenvalue weighted by molar-refractivity contribution is -0.128. The molecule has 0 saturated carbocycles. The SMILES string of the molecule is C=CC(=O)N1CC(C)N2c3nc(=O)n(-c4c(C)ccnc4C(C)C)c4cc(-c5c(O)cccc5F)c(F)c(c34)N(C)CCC2C1.C=CC(=O)N1CC(C)N2c3nc(=O)n(-c4c(C)ccnc4C(C)C)c4cc(-c5c(O)cccc5F)c(F)c(c34)S(=O)(=O)CC2C1.C=CC(=O)N1CC(C)N2c3nc(=O)n(-c4c(C)ccnc4C(C)C)c4cc(-c5c(O)cccc5F)c(F)c(c34)SCC2C1. The van der Waals surface area contributed by atoms with E-state index < -0.39 is 119 Å². The third-order valence-corrected chi connectivity index (χ3v) is 28.7. The first kappa shape index (κ1) is 92.6. The van der Waals surface area contributed by atoms with Gasteiger partial charge in [-0.3, -0.25) is 43.0 Å². The number of anilines is 4. The molecule has 0 bridgehead atoms. The number of aromatic nitrogens is 9. The highest BCUT2D eigenvalue weighted by Crippen LogP contribution is 2.52. The van der Waals surface area contributed by atoms with E-state index in [9.17, 15) is 52.5 Å². The predicted molar refractivity (Wildman–Crippen MR) is 501 cm³/mol. The lowest BCUT2D eigenvalue weighted by atomic mass is 9.95. The number of nitrogens with zero attached hydrogens (tertiary/aromatic N) is 16. The first-order valence-electron chi connectivity index (χ1n) is 43.6. The number of carbonyl (C=O) groups is 3. The van der Waals surface area contributed by atoms with Crippen LogP contribution in [0.3, 0.4) is 0 Å². The summed E-state index contributed by atoms with van der Waals surface area (Å²) in [5.74, 6) is -7.56. The number of aromatic hydroxyl groups is 3. The summed E-state index contributed by atoms with van der Waals surface area (Å²) in [6, 6.07) is 17.9. The summed E-state index contributed by atoms with van der Waals surface area (Å²) >= 11 is 1.23. The van der Waals surface area contributed by atoms with E-state index in [1.54, 1.807) is 77.3 Å². The summed E-state index contributed by atoms with van der Waals surface area (Å²) in [7, 11) is -2.78. The molecular formula is C98H98F6N16O11S2. The zero-order valence-corrected chi connectivity index (χ0v) is 77.0. The van der Waals surface area contributed by atoms with Gasteiger partial charge in [-0.1, -0.05) is 79.5 Å². The van der Waals surface area contributed by atoms with E-state index >= 15 is 26.3 Å². The van der Waals surface area contributed by atoms with Gasteiger partial charge in [-0.25, -0.2) is 49.1 Å². The largest absolute Gasteiger partial charge is 0.507 e. The van der Waals surface area contributed by atoms with E-state index in [1.807, 2.05) is 79.0 Å². The number of thioether (sulfide) groups is 1. The van der Waals surface area contributed by atoms with Crippen LogP contribution in [0.1, 0.15) is 120 Å². The lowest BCUT2D eigenvalue weighted by Crippen LogP contribution is -2.61. The summed E-state index contributed by atoms with van der Waals surface area (Å²) in [6.45, 7) is 35.5. The van der Waals surface area contributed by atoms with Crippen LogP contribution in [0.25, 0.3) is 83.2 Å². The third kappa shape index (κ3) is 15.9. The number of halogens is 6. The highest BCUT2D eigenvalue weighted by atomic mass is 32.2. The van der Waals surface area contributed by atoms with Crippen LogP contribution >= 0.6 is 11.8 Å². The zero-order valence-electron chi connectivity index (χ0n) is 75.4. The van der Waals surface area contributed by atoms with Crippen LogP contribution < -0.4 is 36.7 Å². The van der Waals surface area contributed by atoms with Gasteiger partial charge in [0.05, 0.1) is 118 Å². The highest BCUT2D eigenvalue weighted by Gasteiger charge is 2.47. The third-order valence-electron chi connectivity index (χ3n) is 25.6. The number of rotatable bonds is 12. The van der Waals surface area contributed by atoms with Gasteiger partial charge in [0.25, 0.3) is 0 Å². The van der Waals surface area contributed by atoms with Crippen molar-refractivity contribution in [2.24, 2.45) is 0 Å². The number of pyridine rings is 3. The standard InChI is InChI=1S/C34H36F2N6O3.C32H31F2N5O5S.C32H31F2N5O3S/c1-7-26(44)40-16-20(5)41-21(17-40)12-14-39(6)32-28-24(15-22(29(32)36)27-23(35)9-8-10-25(27)43)42(34(45)38-33(28)41)31-19(4)11-13-37-30(31)18(2)3;1-6-24(41)37-13-18(5)38-19(14-37)15-45(43,44)30-26-22(12-20(27(30)34)25-21(33)8-7-9-23(25)40)39(32(42)36-31(26)38)29-17(4)10-11-35-28(29)16(2)3;1-6-24(41)37-13-18(5)38-19(14-37)15-43-30-26-22(12-20(27(30)34)25-21(33)8-7-9-23(25)40)39(32(42)36-31(26)38)29-17(4)10-11-35-28(29)16(2)3/h7-11,13,15,18,20-21,43H,1,12,14,16-17H2,2-6H3;6-12,16,18-19,40H,1,13-15H2,2-5H3;6-12,16,18-19,40H,1,13-15H2,2-5H3. The molecule has 6 aliphatic heterocycles. The summed E-state index contributed by atoms with van der Waals surface area (Å²) in [5.41, 5.74) is 2.09. The molecule has 35 heteroatoms. The Morgan fingerprint density at radius 1 is 0.466 bits per heavy atom. The van der Waals surface area contributed by atoms with E-state index in [1.165, 1.54) is 91.0 Å². The van der Waals surface area contributed by atoms with Crippen LogP contribution in [-0.2, 0) is 24.2 Å². The monoisotopic (exact) mass is 1850 g/mol. The maximum atomic E-state index is 17.0. The Labute approximate surface area is 766 Å². The number of phenols is 3. The van der Waals surface area contributed by atoms with Crippen LogP contribution in [0.2, 0.25) is 0 Å². The van der Waals surface area contributed by atoms with Gasteiger partial charge in [-0.15, -0.1) is 11.8 Å². The molecule has 12 aromatic rings. The minimum atomic E-state index is -4.53. The molecule has 6 aromatic carbocycles. The molecule has 6 aromatic heterocycles. The van der Waals surface area contributed by atoms with Gasteiger partial charge in [0.15, 0.2) is 21.5 Å². The molecule has 3 amide bonds. The van der Waals surface area contributed by atoms with Gasteiger partial charge in [0.1, 0.15) is 62.9 Å². The number of hydrogen-bond acceptors (Lipinski definition) is 22. The van der Waals surface area contributed by atoms with Gasteiger partial charge in [0.2, 0.25) is 17.7 Å². The van der Waals surface area contributed by atoms with Crippen molar-refractivity contribution in [1.82, 2.24) is 58.3 Å². The normalized spacial score (nSPS) is 18.4. The average Bonchev–Trinajstić information content (AvgIpc) is 1.61. The van der Waals surface area contributed by atoms with Crippen LogP contribution in [0, 0.1) is 55.7 Å². The Kier molecular flexibility index (Phi) is 24.9. The molecule has 6 atom stereocenters. The molecule has 3 saturated heterocycles. The van der Waals surface area contributed by atoms with Crippen molar-refractivity contribution < 1.29 is 64.5 Å². The van der Waals surface area contributed by atoms with Crippen molar-refractivity contribution >= 4 is 95.2 Å². The number of benzene rings is 6. The maximum Gasteiger partial charge on any atom is 0.354 e. The molecule has 27 nitrogen and oxygen atoms in total. The van der Waals surface area contributed by atoms with Gasteiger partial charge in [-0.2, -0.15) is 15.0 Å². The fraction of sp³-hybridized carbons (Fsp3) is 0.327. The van der Waals surface area contributed by atoms with Crippen molar-refractivity contribution in [3.05, 3.63) is 248 Å². The highest BCUT2D eigenvalue weighted by molar-refractivity contribution is 7.99.